The molecule has 0 saturated heterocycles. The van der Waals surface area contributed by atoms with Crippen LogP contribution in [0.5, 0.6) is 0 Å². The predicted molar refractivity (Wildman–Crippen MR) is 85.2 cm³/mol. The van der Waals surface area contributed by atoms with Gasteiger partial charge in [-0.2, -0.15) is 0 Å². The molecule has 0 aromatic rings. The highest BCUT2D eigenvalue weighted by Gasteiger charge is 2.28. The molecule has 0 radical (unpaired) electrons. The van der Waals surface area contributed by atoms with Crippen LogP contribution in [0.25, 0.3) is 0 Å². The maximum absolute atomic E-state index is 5.11. The first-order valence-corrected chi connectivity index (χ1v) is 8.87. The van der Waals surface area contributed by atoms with Gasteiger partial charge in [0.2, 0.25) is 0 Å². The van der Waals surface area contributed by atoms with Gasteiger partial charge in [0, 0.05) is 38.8 Å². The monoisotopic (exact) mass is 282 g/mol. The molecular formula is C17H34N2O. The van der Waals surface area contributed by atoms with E-state index < -0.39 is 0 Å². The van der Waals surface area contributed by atoms with Crippen molar-refractivity contribution in [2.75, 3.05) is 33.4 Å². The Morgan fingerprint density at radius 1 is 0.850 bits per heavy atom. The van der Waals surface area contributed by atoms with Crippen LogP contribution < -0.4 is 5.32 Å². The Bertz CT molecular complexity index is 217. The number of nitrogens with one attached hydrogen (secondary N) is 1. The Morgan fingerprint density at radius 2 is 1.40 bits per heavy atom. The second-order valence-corrected chi connectivity index (χ2v) is 6.56. The van der Waals surface area contributed by atoms with Crippen molar-refractivity contribution in [2.45, 2.75) is 76.3 Å². The van der Waals surface area contributed by atoms with E-state index in [4.69, 9.17) is 4.74 Å². The van der Waals surface area contributed by atoms with Crippen molar-refractivity contribution >= 4 is 0 Å². The van der Waals surface area contributed by atoms with Crippen molar-refractivity contribution in [3.05, 3.63) is 0 Å². The third-order valence-electron chi connectivity index (χ3n) is 5.12. The molecule has 118 valence electrons. The first kappa shape index (κ1) is 16.3. The van der Waals surface area contributed by atoms with Gasteiger partial charge in [0.25, 0.3) is 0 Å². The molecule has 0 unspecified atom stereocenters. The fourth-order valence-corrected chi connectivity index (χ4v) is 4.00. The van der Waals surface area contributed by atoms with Crippen LogP contribution in [-0.2, 0) is 4.74 Å². The second kappa shape index (κ2) is 9.75. The predicted octanol–water partition coefficient (Wildman–Crippen LogP) is 3.19. The number of ether oxygens (including phenoxy) is 1. The van der Waals surface area contributed by atoms with E-state index in [-0.39, 0.29) is 0 Å². The van der Waals surface area contributed by atoms with Gasteiger partial charge in [0.1, 0.15) is 0 Å². The molecule has 0 aromatic heterocycles. The summed E-state index contributed by atoms with van der Waals surface area (Å²) >= 11 is 0. The molecule has 0 aromatic carbocycles. The van der Waals surface area contributed by atoms with Gasteiger partial charge >= 0.3 is 0 Å². The average Bonchev–Trinajstić information content (AvgIpc) is 2.53. The van der Waals surface area contributed by atoms with E-state index in [2.05, 4.69) is 10.2 Å². The van der Waals surface area contributed by atoms with E-state index in [1.165, 1.54) is 70.8 Å². The highest BCUT2D eigenvalue weighted by molar-refractivity contribution is 4.84. The zero-order valence-corrected chi connectivity index (χ0v) is 13.4. The molecule has 2 saturated carbocycles. The fourth-order valence-electron chi connectivity index (χ4n) is 4.00. The van der Waals surface area contributed by atoms with E-state index in [1.807, 2.05) is 0 Å². The van der Waals surface area contributed by atoms with Crippen LogP contribution in [0.2, 0.25) is 0 Å². The zero-order chi connectivity index (χ0) is 14.0. The molecule has 3 nitrogen and oxygen atoms in total. The summed E-state index contributed by atoms with van der Waals surface area (Å²) in [5.41, 5.74) is 0. The molecule has 2 aliphatic carbocycles. The smallest absolute Gasteiger partial charge is 0.0587 e. The van der Waals surface area contributed by atoms with Crippen molar-refractivity contribution in [1.29, 1.82) is 0 Å². The van der Waals surface area contributed by atoms with Crippen molar-refractivity contribution < 1.29 is 4.74 Å². The van der Waals surface area contributed by atoms with Gasteiger partial charge in [-0.3, -0.25) is 4.90 Å². The van der Waals surface area contributed by atoms with Gasteiger partial charge < -0.3 is 10.1 Å². The van der Waals surface area contributed by atoms with Crippen molar-refractivity contribution in [1.82, 2.24) is 10.2 Å². The van der Waals surface area contributed by atoms with Gasteiger partial charge in [0.15, 0.2) is 0 Å². The van der Waals surface area contributed by atoms with Crippen LogP contribution in [0, 0.1) is 0 Å². The minimum Gasteiger partial charge on any atom is -0.383 e. The molecule has 2 rings (SSSR count). The lowest BCUT2D eigenvalue weighted by molar-refractivity contribution is 0.0811. The highest BCUT2D eigenvalue weighted by atomic mass is 16.5. The summed E-state index contributed by atoms with van der Waals surface area (Å²) in [6, 6.07) is 1.74. The van der Waals surface area contributed by atoms with E-state index in [0.29, 0.717) is 0 Å². The largest absolute Gasteiger partial charge is 0.383 e. The van der Waals surface area contributed by atoms with Crippen molar-refractivity contribution in [3.63, 3.8) is 0 Å². The van der Waals surface area contributed by atoms with Gasteiger partial charge in [-0.25, -0.2) is 0 Å². The summed E-state index contributed by atoms with van der Waals surface area (Å²) in [4.78, 5) is 2.87. The molecule has 2 aliphatic rings. The summed E-state index contributed by atoms with van der Waals surface area (Å²) < 4.78 is 5.11. The minimum absolute atomic E-state index is 0.826. The number of hydrogen-bond donors (Lipinski definition) is 1. The van der Waals surface area contributed by atoms with E-state index >= 15 is 0 Å². The second-order valence-electron chi connectivity index (χ2n) is 6.56. The molecular weight excluding hydrogens is 248 g/mol. The standard InChI is InChI=1S/C17H34N2O/c1-20-15-13-18-12-14-19(16-8-4-2-5-9-16)17-10-6-3-7-11-17/h16-18H,2-15H2,1H3. The summed E-state index contributed by atoms with van der Waals surface area (Å²) in [5.74, 6) is 0. The molecule has 0 atom stereocenters. The van der Waals surface area contributed by atoms with E-state index in [1.54, 1.807) is 7.11 Å². The molecule has 20 heavy (non-hydrogen) atoms. The van der Waals surface area contributed by atoms with Crippen molar-refractivity contribution in [2.24, 2.45) is 0 Å². The van der Waals surface area contributed by atoms with Crippen LogP contribution in [0.15, 0.2) is 0 Å². The highest BCUT2D eigenvalue weighted by Crippen LogP contribution is 2.29. The lowest BCUT2D eigenvalue weighted by Gasteiger charge is -2.41. The average molecular weight is 282 g/mol. The third-order valence-corrected chi connectivity index (χ3v) is 5.12. The number of nitrogens with zero attached hydrogens (tertiary/aromatic N) is 1. The quantitative estimate of drug-likeness (QED) is 0.692. The SMILES string of the molecule is COCCNCCN(C1CCCCC1)C1CCCCC1. The Balaban J connectivity index is 1.78. The van der Waals surface area contributed by atoms with Crippen LogP contribution in [-0.4, -0.2) is 50.3 Å². The van der Waals surface area contributed by atoms with Crippen LogP contribution in [0.1, 0.15) is 64.2 Å². The van der Waals surface area contributed by atoms with Crippen LogP contribution in [0.3, 0.4) is 0 Å². The summed E-state index contributed by atoms with van der Waals surface area (Å²) in [5, 5.41) is 3.53. The molecule has 0 heterocycles. The lowest BCUT2D eigenvalue weighted by Crippen LogP contribution is -2.48. The van der Waals surface area contributed by atoms with E-state index in [0.717, 1.165) is 31.8 Å². The Morgan fingerprint density at radius 3 is 1.90 bits per heavy atom. The van der Waals surface area contributed by atoms with Crippen LogP contribution >= 0.6 is 0 Å². The Labute approximate surface area is 125 Å². The Kier molecular flexibility index (Phi) is 7.92. The van der Waals surface area contributed by atoms with Crippen molar-refractivity contribution in [3.8, 4) is 0 Å². The molecule has 2 fully saturated rings. The molecule has 0 aliphatic heterocycles. The fraction of sp³-hybridized carbons (Fsp3) is 1.00. The normalized spacial score (nSPS) is 22.5. The number of hydrogen-bond acceptors (Lipinski definition) is 3. The number of rotatable bonds is 8. The molecule has 0 amide bonds. The Hall–Kier alpha value is -0.120. The molecule has 3 heteroatoms. The maximum Gasteiger partial charge on any atom is 0.0587 e. The minimum atomic E-state index is 0.826. The summed E-state index contributed by atoms with van der Waals surface area (Å²) in [7, 11) is 1.78. The summed E-state index contributed by atoms with van der Waals surface area (Å²) in [6.07, 6.45) is 14.5. The van der Waals surface area contributed by atoms with Gasteiger partial charge in [-0.15, -0.1) is 0 Å². The van der Waals surface area contributed by atoms with Gasteiger partial charge in [-0.05, 0) is 25.7 Å². The van der Waals surface area contributed by atoms with E-state index in [9.17, 15) is 0 Å². The third kappa shape index (κ3) is 5.34. The maximum atomic E-state index is 5.11. The first-order chi connectivity index (χ1) is 9.92. The van der Waals surface area contributed by atoms with Gasteiger partial charge in [0.05, 0.1) is 6.61 Å². The van der Waals surface area contributed by atoms with Gasteiger partial charge in [-0.1, -0.05) is 38.5 Å². The molecule has 0 spiro atoms. The number of methoxy groups -OCH3 is 1. The molecule has 1 N–H and O–H groups in total. The summed E-state index contributed by atoms with van der Waals surface area (Å²) in [6.45, 7) is 4.17. The lowest BCUT2D eigenvalue weighted by atomic mass is 9.88. The topological polar surface area (TPSA) is 24.5 Å². The van der Waals surface area contributed by atoms with Crippen LogP contribution in [0.4, 0.5) is 0 Å². The molecule has 0 bridgehead atoms. The zero-order valence-electron chi connectivity index (χ0n) is 13.4. The first-order valence-electron chi connectivity index (χ1n) is 8.87.